The maximum atomic E-state index is 6.02. The van der Waals surface area contributed by atoms with Crippen molar-refractivity contribution in [3.63, 3.8) is 0 Å². The molecule has 0 radical (unpaired) electrons. The minimum Gasteiger partial charge on any atom is -0.313 e. The maximum Gasteiger partial charge on any atom is 0.242 e. The summed E-state index contributed by atoms with van der Waals surface area (Å²) >= 11 is 6.02. The van der Waals surface area contributed by atoms with E-state index in [1.54, 1.807) is 0 Å². The Morgan fingerprint density at radius 2 is 1.96 bits per heavy atom. The minimum atomic E-state index is 0.301. The third-order valence-electron chi connectivity index (χ3n) is 4.67. The number of unbranched alkanes of at least 4 members (excludes halogenated alkanes) is 1. The van der Waals surface area contributed by atoms with E-state index in [-0.39, 0.29) is 0 Å². The molecule has 0 spiro atoms. The number of rotatable bonds is 7. The molecule has 0 unspecified atom stereocenters. The average molecular weight is 397 g/mol. The molecule has 0 aliphatic rings. The number of nitrogens with zero attached hydrogens (tertiary/aromatic N) is 7. The monoisotopic (exact) mass is 396 g/mol. The summed E-state index contributed by atoms with van der Waals surface area (Å²) in [7, 11) is 0. The van der Waals surface area contributed by atoms with E-state index in [0.29, 0.717) is 17.7 Å². The molecule has 1 aromatic carbocycles. The summed E-state index contributed by atoms with van der Waals surface area (Å²) in [4.78, 5) is 4.34. The number of hydrogen-bond acceptors (Lipinski definition) is 5. The first kappa shape index (κ1) is 18.4. The van der Waals surface area contributed by atoms with Crippen LogP contribution in [0.25, 0.3) is 17.2 Å². The molecule has 3 aromatic heterocycles. The van der Waals surface area contributed by atoms with Crippen molar-refractivity contribution >= 4 is 11.6 Å². The third-order valence-corrected chi connectivity index (χ3v) is 4.83. The Morgan fingerprint density at radius 1 is 1.14 bits per heavy atom. The Labute approximate surface area is 167 Å². The molecule has 28 heavy (non-hydrogen) atoms. The molecule has 144 valence electrons. The maximum absolute atomic E-state index is 6.02. The number of benzene rings is 1. The van der Waals surface area contributed by atoms with Gasteiger partial charge in [-0.05, 0) is 59.5 Å². The Balaban J connectivity index is 1.58. The van der Waals surface area contributed by atoms with Crippen LogP contribution >= 0.6 is 11.6 Å². The van der Waals surface area contributed by atoms with Crippen molar-refractivity contribution in [2.45, 2.75) is 39.7 Å². The highest BCUT2D eigenvalue weighted by Gasteiger charge is 2.14. The van der Waals surface area contributed by atoms with Crippen molar-refractivity contribution in [3.8, 4) is 17.2 Å². The SMILES string of the molecule is CCCCc1nc(Cl)nn1Cc1ccc(-n2ccc(C)c2-c2nn[nH]n2)cc1. The Hall–Kier alpha value is -3.00. The molecule has 4 rings (SSSR count). The lowest BCUT2D eigenvalue weighted by Gasteiger charge is -2.10. The fourth-order valence-electron chi connectivity index (χ4n) is 3.22. The van der Waals surface area contributed by atoms with E-state index in [1.807, 2.05) is 23.9 Å². The minimum absolute atomic E-state index is 0.301. The predicted molar refractivity (Wildman–Crippen MR) is 106 cm³/mol. The van der Waals surface area contributed by atoms with Gasteiger partial charge in [0.25, 0.3) is 0 Å². The molecule has 1 N–H and O–H groups in total. The molecule has 0 atom stereocenters. The topological polar surface area (TPSA) is 90.1 Å². The van der Waals surface area contributed by atoms with Gasteiger partial charge in [-0.15, -0.1) is 15.3 Å². The first-order chi connectivity index (χ1) is 13.7. The summed E-state index contributed by atoms with van der Waals surface area (Å²) in [6, 6.07) is 10.4. The quantitative estimate of drug-likeness (QED) is 0.515. The summed E-state index contributed by atoms with van der Waals surface area (Å²) in [6.45, 7) is 4.83. The molecule has 0 saturated heterocycles. The third kappa shape index (κ3) is 3.68. The highest BCUT2D eigenvalue weighted by molar-refractivity contribution is 6.28. The van der Waals surface area contributed by atoms with E-state index in [0.717, 1.165) is 47.6 Å². The van der Waals surface area contributed by atoms with Crippen LogP contribution in [0.4, 0.5) is 0 Å². The lowest BCUT2D eigenvalue weighted by molar-refractivity contribution is 0.618. The smallest absolute Gasteiger partial charge is 0.242 e. The van der Waals surface area contributed by atoms with Gasteiger partial charge in [-0.2, -0.15) is 5.21 Å². The first-order valence-electron chi connectivity index (χ1n) is 9.26. The Kier molecular flexibility index (Phi) is 5.21. The second-order valence-electron chi connectivity index (χ2n) is 6.68. The molecular formula is C19H21ClN8. The molecule has 0 aliphatic carbocycles. The summed E-state index contributed by atoms with van der Waals surface area (Å²) in [5, 5.41) is 19.0. The van der Waals surface area contributed by atoms with Crippen LogP contribution in [0.1, 0.15) is 36.7 Å². The predicted octanol–water partition coefficient (Wildman–Crippen LogP) is 3.60. The average Bonchev–Trinajstić information content (AvgIpc) is 3.41. The summed E-state index contributed by atoms with van der Waals surface area (Å²) < 4.78 is 3.94. The van der Waals surface area contributed by atoms with E-state index < -0.39 is 0 Å². The van der Waals surface area contributed by atoms with Crippen molar-refractivity contribution in [1.29, 1.82) is 0 Å². The second kappa shape index (κ2) is 7.93. The molecule has 3 heterocycles. The zero-order chi connectivity index (χ0) is 19.5. The number of aromatic nitrogens is 8. The molecule has 0 bridgehead atoms. The van der Waals surface area contributed by atoms with Gasteiger partial charge in [-0.25, -0.2) is 9.67 Å². The largest absolute Gasteiger partial charge is 0.313 e. The molecule has 9 heteroatoms. The molecule has 4 aromatic rings. The van der Waals surface area contributed by atoms with Gasteiger partial charge in [0.15, 0.2) is 0 Å². The van der Waals surface area contributed by atoms with Gasteiger partial charge in [0, 0.05) is 18.3 Å². The van der Waals surface area contributed by atoms with Gasteiger partial charge in [-0.3, -0.25) is 0 Å². The highest BCUT2D eigenvalue weighted by Crippen LogP contribution is 2.24. The molecule has 0 fully saturated rings. The lowest BCUT2D eigenvalue weighted by atomic mass is 10.2. The number of H-pyrrole nitrogens is 1. The Bertz CT molecular complexity index is 1050. The molecule has 0 amide bonds. The van der Waals surface area contributed by atoms with E-state index in [9.17, 15) is 0 Å². The normalized spacial score (nSPS) is 11.2. The number of aromatic amines is 1. The van der Waals surface area contributed by atoms with Gasteiger partial charge in [0.2, 0.25) is 11.1 Å². The van der Waals surface area contributed by atoms with Crippen LogP contribution in [0.3, 0.4) is 0 Å². The van der Waals surface area contributed by atoms with Gasteiger partial charge in [0.05, 0.1) is 12.2 Å². The van der Waals surface area contributed by atoms with Crippen molar-refractivity contribution in [1.82, 2.24) is 40.0 Å². The zero-order valence-electron chi connectivity index (χ0n) is 15.8. The Morgan fingerprint density at radius 3 is 2.68 bits per heavy atom. The van der Waals surface area contributed by atoms with Crippen LogP contribution in [-0.2, 0) is 13.0 Å². The first-order valence-corrected chi connectivity index (χ1v) is 9.64. The fraction of sp³-hybridized carbons (Fsp3) is 0.316. The van der Waals surface area contributed by atoms with E-state index in [4.69, 9.17) is 11.6 Å². The van der Waals surface area contributed by atoms with Crippen LogP contribution in [0, 0.1) is 6.92 Å². The standard InChI is InChI=1S/C19H21ClN8/c1-3-4-5-16-21-19(20)24-28(16)12-14-6-8-15(9-7-14)27-11-10-13(2)17(27)18-22-25-26-23-18/h6-11H,3-5,12H2,1-2H3,(H,22,23,25,26). The van der Waals surface area contributed by atoms with Crippen LogP contribution < -0.4 is 0 Å². The van der Waals surface area contributed by atoms with Crippen molar-refractivity contribution < 1.29 is 0 Å². The van der Waals surface area contributed by atoms with Gasteiger partial charge in [0.1, 0.15) is 5.82 Å². The molecule has 8 nitrogen and oxygen atoms in total. The van der Waals surface area contributed by atoms with Crippen LogP contribution in [0.15, 0.2) is 36.5 Å². The van der Waals surface area contributed by atoms with Gasteiger partial charge >= 0.3 is 0 Å². The summed E-state index contributed by atoms with van der Waals surface area (Å²) in [5.41, 5.74) is 4.17. The summed E-state index contributed by atoms with van der Waals surface area (Å²) in [5.74, 6) is 1.50. The van der Waals surface area contributed by atoms with Gasteiger partial charge < -0.3 is 4.57 Å². The van der Waals surface area contributed by atoms with Crippen molar-refractivity contribution in [2.24, 2.45) is 0 Å². The number of halogens is 1. The molecule has 0 aliphatic heterocycles. The number of aryl methyl sites for hydroxylation is 2. The van der Waals surface area contributed by atoms with E-state index >= 15 is 0 Å². The van der Waals surface area contributed by atoms with Crippen molar-refractivity contribution in [2.75, 3.05) is 0 Å². The van der Waals surface area contributed by atoms with Gasteiger partial charge in [-0.1, -0.05) is 25.5 Å². The van der Waals surface area contributed by atoms with Crippen LogP contribution in [0.5, 0.6) is 0 Å². The molecule has 0 saturated carbocycles. The second-order valence-corrected chi connectivity index (χ2v) is 7.02. The highest BCUT2D eigenvalue weighted by atomic mass is 35.5. The van der Waals surface area contributed by atoms with Crippen molar-refractivity contribution in [3.05, 3.63) is 58.8 Å². The number of nitrogens with one attached hydrogen (secondary N) is 1. The molecular weight excluding hydrogens is 376 g/mol. The number of tetrazole rings is 1. The van der Waals surface area contributed by atoms with E-state index in [2.05, 4.69) is 66.5 Å². The van der Waals surface area contributed by atoms with Crippen LogP contribution in [0.2, 0.25) is 5.28 Å². The zero-order valence-corrected chi connectivity index (χ0v) is 16.6. The fourth-order valence-corrected chi connectivity index (χ4v) is 3.41. The lowest BCUT2D eigenvalue weighted by Crippen LogP contribution is -2.07. The van der Waals surface area contributed by atoms with E-state index in [1.165, 1.54) is 0 Å². The van der Waals surface area contributed by atoms with Crippen LogP contribution in [-0.4, -0.2) is 40.0 Å². The number of hydrogen-bond donors (Lipinski definition) is 1. The summed E-state index contributed by atoms with van der Waals surface area (Å²) in [6.07, 6.45) is 5.07.